The molecule has 5 nitrogen and oxygen atoms in total. The van der Waals surface area contributed by atoms with Gasteiger partial charge < -0.3 is 14.7 Å². The van der Waals surface area contributed by atoms with E-state index in [2.05, 4.69) is 5.32 Å². The molecular weight excluding hydrogens is 456 g/mol. The highest BCUT2D eigenvalue weighted by Crippen LogP contribution is 2.34. The maximum Gasteiger partial charge on any atom is 0.328 e. The van der Waals surface area contributed by atoms with E-state index < -0.39 is 5.97 Å². The van der Waals surface area contributed by atoms with E-state index in [9.17, 15) is 9.59 Å². The summed E-state index contributed by atoms with van der Waals surface area (Å²) < 4.78 is 1.94. The molecule has 0 heterocycles. The van der Waals surface area contributed by atoms with Gasteiger partial charge in [-0.2, -0.15) is 0 Å². The smallest absolute Gasteiger partial charge is 0.328 e. The van der Waals surface area contributed by atoms with Gasteiger partial charge in [0.15, 0.2) is 0 Å². The molecule has 0 unspecified atom stereocenters. The number of carbonyl (C=O) groups is 2. The van der Waals surface area contributed by atoms with Crippen molar-refractivity contribution in [3.8, 4) is 0 Å². The molecule has 1 amide bonds. The Hall–Kier alpha value is -3.22. The molecule has 2 N–H and O–H groups in total. The molecule has 0 radical (unpaired) electrons. The van der Waals surface area contributed by atoms with Crippen LogP contribution in [0, 0.1) is 13.8 Å². The Morgan fingerprint density at radius 3 is 2.52 bits per heavy atom. The van der Waals surface area contributed by atoms with Gasteiger partial charge in [-0.05, 0) is 78.9 Å². The zero-order valence-electron chi connectivity index (χ0n) is 18.4. The van der Waals surface area contributed by atoms with Crippen molar-refractivity contribution >= 4 is 47.2 Å². The van der Waals surface area contributed by atoms with Gasteiger partial charge in [-0.3, -0.25) is 4.79 Å². The number of aliphatic carboxylic acids is 1. The third-order valence-corrected chi connectivity index (χ3v) is 6.33. The Bertz CT molecular complexity index is 1160. The second kappa shape index (κ2) is 11.6. The molecule has 3 rings (SSSR count). The zero-order valence-corrected chi connectivity index (χ0v) is 20.0. The van der Waals surface area contributed by atoms with E-state index in [4.69, 9.17) is 16.7 Å². The van der Waals surface area contributed by atoms with E-state index in [1.807, 2.05) is 84.9 Å². The fraction of sp³-hybridized carbons (Fsp3) is 0.154. The molecule has 0 saturated carbocycles. The summed E-state index contributed by atoms with van der Waals surface area (Å²) in [5.74, 6) is -1.14. The number of hydrogen-bond donors (Lipinski definition) is 2. The number of hydrogen-bond acceptors (Lipinski definition) is 4. The molecule has 0 aliphatic carbocycles. The fourth-order valence-electron chi connectivity index (χ4n) is 3.12. The largest absolute Gasteiger partial charge is 0.478 e. The minimum absolute atomic E-state index is 0.137. The third kappa shape index (κ3) is 7.41. The lowest BCUT2D eigenvalue weighted by Crippen LogP contribution is -2.34. The van der Waals surface area contributed by atoms with Gasteiger partial charge in [-0.15, -0.1) is 0 Å². The quantitative estimate of drug-likeness (QED) is 0.295. The molecule has 33 heavy (non-hydrogen) atoms. The van der Waals surface area contributed by atoms with Crippen LogP contribution in [0.4, 0.5) is 5.69 Å². The van der Waals surface area contributed by atoms with Crippen LogP contribution in [0.2, 0.25) is 5.02 Å². The van der Waals surface area contributed by atoms with Crippen LogP contribution < -0.4 is 9.62 Å². The van der Waals surface area contributed by atoms with Gasteiger partial charge in [0.25, 0.3) is 0 Å². The Balaban J connectivity index is 1.72. The number of anilines is 1. The standard InChI is InChI=1S/C26H25ClN2O3S/c1-18-9-12-22(13-10-18)33-29(24-8-4-7-23(27)19(24)2)17-25(30)28-16-21-6-3-5-20(15-21)11-14-26(31)32/h3-15H,16-17H2,1-2H3,(H,28,30)(H,31,32)/b14-11+. The predicted octanol–water partition coefficient (Wildman–Crippen LogP) is 5.88. The van der Waals surface area contributed by atoms with Crippen LogP contribution in [0.25, 0.3) is 6.08 Å². The highest BCUT2D eigenvalue weighted by atomic mass is 35.5. The van der Waals surface area contributed by atoms with Gasteiger partial charge in [-0.25, -0.2) is 4.79 Å². The van der Waals surface area contributed by atoms with E-state index >= 15 is 0 Å². The van der Waals surface area contributed by atoms with Crippen molar-refractivity contribution in [2.75, 3.05) is 10.8 Å². The number of rotatable bonds is 9. The molecular formula is C26H25ClN2O3S. The van der Waals surface area contributed by atoms with E-state index in [1.165, 1.54) is 23.6 Å². The van der Waals surface area contributed by atoms with Crippen LogP contribution in [0.1, 0.15) is 22.3 Å². The van der Waals surface area contributed by atoms with Crippen LogP contribution >= 0.6 is 23.5 Å². The summed E-state index contributed by atoms with van der Waals surface area (Å²) in [5, 5.41) is 12.4. The van der Waals surface area contributed by atoms with Gasteiger partial charge >= 0.3 is 5.97 Å². The molecule has 0 saturated heterocycles. The first-order valence-electron chi connectivity index (χ1n) is 10.4. The minimum atomic E-state index is -1.00. The normalized spacial score (nSPS) is 10.9. The highest BCUT2D eigenvalue weighted by molar-refractivity contribution is 8.00. The van der Waals surface area contributed by atoms with E-state index in [0.29, 0.717) is 11.6 Å². The molecule has 0 atom stereocenters. The first-order valence-corrected chi connectivity index (χ1v) is 11.5. The van der Waals surface area contributed by atoms with Crippen LogP contribution in [-0.2, 0) is 16.1 Å². The summed E-state index contributed by atoms with van der Waals surface area (Å²) in [6, 6.07) is 21.2. The van der Waals surface area contributed by atoms with Crippen molar-refractivity contribution in [2.45, 2.75) is 25.3 Å². The Morgan fingerprint density at radius 1 is 1.06 bits per heavy atom. The topological polar surface area (TPSA) is 69.6 Å². The molecule has 0 aliphatic rings. The molecule has 0 bridgehead atoms. The summed E-state index contributed by atoms with van der Waals surface area (Å²) in [4.78, 5) is 24.6. The lowest BCUT2D eigenvalue weighted by molar-refractivity contribution is -0.131. The van der Waals surface area contributed by atoms with E-state index in [-0.39, 0.29) is 12.5 Å². The number of aryl methyl sites for hydroxylation is 1. The van der Waals surface area contributed by atoms with E-state index in [0.717, 1.165) is 33.3 Å². The Morgan fingerprint density at radius 2 is 1.79 bits per heavy atom. The molecule has 170 valence electrons. The lowest BCUT2D eigenvalue weighted by atomic mass is 10.1. The third-order valence-electron chi connectivity index (χ3n) is 4.89. The van der Waals surface area contributed by atoms with Crippen LogP contribution in [-0.4, -0.2) is 23.5 Å². The number of amides is 1. The second-order valence-corrected chi connectivity index (χ2v) is 9.02. The first-order chi connectivity index (χ1) is 15.8. The average Bonchev–Trinajstić information content (AvgIpc) is 2.79. The van der Waals surface area contributed by atoms with Crippen LogP contribution in [0.3, 0.4) is 0 Å². The fourth-order valence-corrected chi connectivity index (χ4v) is 4.28. The van der Waals surface area contributed by atoms with Crippen LogP contribution in [0.5, 0.6) is 0 Å². The number of carbonyl (C=O) groups excluding carboxylic acids is 1. The molecule has 0 aromatic heterocycles. The summed E-state index contributed by atoms with van der Waals surface area (Å²) in [6.07, 6.45) is 2.61. The molecule has 7 heteroatoms. The van der Waals surface area contributed by atoms with Crippen molar-refractivity contribution < 1.29 is 14.7 Å². The van der Waals surface area contributed by atoms with Crippen molar-refractivity contribution in [1.82, 2.24) is 5.32 Å². The molecule has 3 aromatic carbocycles. The van der Waals surface area contributed by atoms with Crippen molar-refractivity contribution in [3.05, 3.63) is 100 Å². The maximum atomic E-state index is 12.8. The average molecular weight is 481 g/mol. The van der Waals surface area contributed by atoms with Gasteiger partial charge in [0.2, 0.25) is 5.91 Å². The van der Waals surface area contributed by atoms with Gasteiger partial charge in [0, 0.05) is 22.5 Å². The highest BCUT2D eigenvalue weighted by Gasteiger charge is 2.17. The van der Waals surface area contributed by atoms with Gasteiger partial charge in [0.1, 0.15) is 6.54 Å². The lowest BCUT2D eigenvalue weighted by Gasteiger charge is -2.25. The number of nitrogens with zero attached hydrogens (tertiary/aromatic N) is 1. The summed E-state index contributed by atoms with van der Waals surface area (Å²) in [7, 11) is 0. The number of halogens is 1. The molecule has 0 aliphatic heterocycles. The van der Waals surface area contributed by atoms with Crippen molar-refractivity contribution in [2.24, 2.45) is 0 Å². The molecule has 0 fully saturated rings. The Labute approximate surface area is 203 Å². The molecule has 0 spiro atoms. The zero-order chi connectivity index (χ0) is 23.8. The second-order valence-electron chi connectivity index (χ2n) is 7.52. The summed E-state index contributed by atoms with van der Waals surface area (Å²) in [6.45, 7) is 4.45. The van der Waals surface area contributed by atoms with E-state index in [1.54, 1.807) is 0 Å². The van der Waals surface area contributed by atoms with Gasteiger partial charge in [0.05, 0.1) is 5.69 Å². The summed E-state index contributed by atoms with van der Waals surface area (Å²) in [5.41, 5.74) is 4.60. The summed E-state index contributed by atoms with van der Waals surface area (Å²) >= 11 is 7.82. The number of carboxylic acid groups (broad SMARTS) is 1. The van der Waals surface area contributed by atoms with Crippen molar-refractivity contribution in [3.63, 3.8) is 0 Å². The SMILES string of the molecule is Cc1ccc(SN(CC(=O)NCc2cccc(/C=C/C(=O)O)c2)c2cccc(Cl)c2C)cc1. The van der Waals surface area contributed by atoms with Crippen molar-refractivity contribution in [1.29, 1.82) is 0 Å². The first kappa shape index (κ1) is 24.4. The number of carboxylic acids is 1. The monoisotopic (exact) mass is 480 g/mol. The van der Waals surface area contributed by atoms with Crippen LogP contribution in [0.15, 0.2) is 77.7 Å². The maximum absolute atomic E-state index is 12.8. The number of nitrogens with one attached hydrogen (secondary N) is 1. The molecule has 3 aromatic rings. The minimum Gasteiger partial charge on any atom is -0.478 e. The number of benzene rings is 3. The Kier molecular flexibility index (Phi) is 8.58. The predicted molar refractivity (Wildman–Crippen MR) is 136 cm³/mol. The van der Waals surface area contributed by atoms with Gasteiger partial charge in [-0.1, -0.05) is 53.6 Å².